The Morgan fingerprint density at radius 3 is 2.62 bits per heavy atom. The minimum absolute atomic E-state index is 0.161. The molecule has 1 aromatic heterocycles. The number of carbonyl (C=O) groups excluding carboxylic acids is 2. The topological polar surface area (TPSA) is 84.2 Å². The van der Waals surface area contributed by atoms with E-state index in [0.717, 1.165) is 41.2 Å². The molecule has 26 heavy (non-hydrogen) atoms. The highest BCUT2D eigenvalue weighted by molar-refractivity contribution is 14.1. The van der Waals surface area contributed by atoms with Gasteiger partial charge < -0.3 is 11.1 Å². The average molecular weight is 499 g/mol. The van der Waals surface area contributed by atoms with Crippen LogP contribution in [-0.4, -0.2) is 16.9 Å². The normalized spacial score (nSPS) is 13.4. The van der Waals surface area contributed by atoms with Gasteiger partial charge in [0.1, 0.15) is 5.00 Å². The molecule has 1 heterocycles. The van der Waals surface area contributed by atoms with Crippen LogP contribution in [0.1, 0.15) is 50.4 Å². The molecule has 8 heteroatoms. The molecule has 4 N–H and O–H groups in total. The SMILES string of the molecule is NC(=O)c1c(NC(=S)NC(=O)c2ccccc2I)sc2c1CCCCC2. The molecule has 0 saturated carbocycles. The Labute approximate surface area is 174 Å². The maximum atomic E-state index is 12.4. The first-order chi connectivity index (χ1) is 12.5. The average Bonchev–Trinajstić information content (AvgIpc) is 2.76. The van der Waals surface area contributed by atoms with Crippen LogP contribution in [0.15, 0.2) is 24.3 Å². The summed E-state index contributed by atoms with van der Waals surface area (Å²) in [5.74, 6) is -0.745. The highest BCUT2D eigenvalue weighted by Crippen LogP contribution is 2.37. The molecule has 0 bridgehead atoms. The number of hydrogen-bond donors (Lipinski definition) is 3. The van der Waals surface area contributed by atoms with Gasteiger partial charge in [-0.2, -0.15) is 0 Å². The molecule has 0 aliphatic heterocycles. The summed E-state index contributed by atoms with van der Waals surface area (Å²) in [7, 11) is 0. The lowest BCUT2D eigenvalue weighted by atomic mass is 10.1. The summed E-state index contributed by atoms with van der Waals surface area (Å²) in [6.45, 7) is 0. The highest BCUT2D eigenvalue weighted by Gasteiger charge is 2.24. The van der Waals surface area contributed by atoms with Gasteiger partial charge in [0.2, 0.25) is 0 Å². The molecule has 2 aromatic rings. The van der Waals surface area contributed by atoms with Crippen molar-refractivity contribution in [1.82, 2.24) is 5.32 Å². The number of primary amides is 1. The molecule has 0 saturated heterocycles. The zero-order chi connectivity index (χ0) is 18.7. The minimum atomic E-state index is -0.460. The second kappa shape index (κ2) is 8.45. The van der Waals surface area contributed by atoms with Gasteiger partial charge in [-0.15, -0.1) is 11.3 Å². The number of thiophene rings is 1. The van der Waals surface area contributed by atoms with Gasteiger partial charge in [0, 0.05) is 8.45 Å². The first-order valence-electron chi connectivity index (χ1n) is 8.28. The Morgan fingerprint density at radius 2 is 1.88 bits per heavy atom. The van der Waals surface area contributed by atoms with Crippen LogP contribution in [0.4, 0.5) is 5.00 Å². The molecular formula is C18H18IN3O2S2. The van der Waals surface area contributed by atoms with E-state index in [9.17, 15) is 9.59 Å². The van der Waals surface area contributed by atoms with E-state index in [0.29, 0.717) is 16.1 Å². The van der Waals surface area contributed by atoms with Crippen molar-refractivity contribution in [2.45, 2.75) is 32.1 Å². The summed E-state index contributed by atoms with van der Waals surface area (Å²) >= 11 is 8.89. The summed E-state index contributed by atoms with van der Waals surface area (Å²) in [5.41, 5.74) is 7.72. The van der Waals surface area contributed by atoms with Gasteiger partial charge in [0.15, 0.2) is 5.11 Å². The molecule has 0 spiro atoms. The fraction of sp³-hybridized carbons (Fsp3) is 0.278. The minimum Gasteiger partial charge on any atom is -0.365 e. The second-order valence-corrected chi connectivity index (χ2v) is 8.70. The Hall–Kier alpha value is -1.52. The van der Waals surface area contributed by atoms with Gasteiger partial charge >= 0.3 is 0 Å². The summed E-state index contributed by atoms with van der Waals surface area (Å²) in [6.07, 6.45) is 5.12. The van der Waals surface area contributed by atoms with Crippen LogP contribution < -0.4 is 16.4 Å². The Morgan fingerprint density at radius 1 is 1.15 bits per heavy atom. The third-order valence-electron chi connectivity index (χ3n) is 4.24. The number of rotatable bonds is 3. The van der Waals surface area contributed by atoms with Crippen molar-refractivity contribution in [1.29, 1.82) is 0 Å². The van der Waals surface area contributed by atoms with Gasteiger partial charge in [0.25, 0.3) is 11.8 Å². The van der Waals surface area contributed by atoms with Crippen LogP contribution in [0.2, 0.25) is 0 Å². The van der Waals surface area contributed by atoms with E-state index in [1.54, 1.807) is 12.1 Å². The molecule has 1 aliphatic rings. The van der Waals surface area contributed by atoms with Crippen molar-refractivity contribution in [3.63, 3.8) is 0 Å². The number of nitrogens with two attached hydrogens (primary N) is 1. The van der Waals surface area contributed by atoms with Crippen LogP contribution in [-0.2, 0) is 12.8 Å². The maximum Gasteiger partial charge on any atom is 0.258 e. The lowest BCUT2D eigenvalue weighted by Gasteiger charge is -2.10. The molecular weight excluding hydrogens is 481 g/mol. The van der Waals surface area contributed by atoms with Crippen molar-refractivity contribution in [2.75, 3.05) is 5.32 Å². The second-order valence-electron chi connectivity index (χ2n) is 6.02. The van der Waals surface area contributed by atoms with Crippen molar-refractivity contribution < 1.29 is 9.59 Å². The number of fused-ring (bicyclic) bond motifs is 1. The number of amides is 2. The molecule has 136 valence electrons. The van der Waals surface area contributed by atoms with Crippen molar-refractivity contribution in [2.24, 2.45) is 5.73 Å². The number of carbonyl (C=O) groups is 2. The quantitative estimate of drug-likeness (QED) is 0.341. The predicted octanol–water partition coefficient (Wildman–Crippen LogP) is 3.85. The Balaban J connectivity index is 1.78. The Bertz CT molecular complexity index is 879. The van der Waals surface area contributed by atoms with Gasteiger partial charge in [-0.05, 0) is 78.2 Å². The van der Waals surface area contributed by atoms with E-state index < -0.39 is 5.91 Å². The van der Waals surface area contributed by atoms with Crippen LogP contribution in [0.25, 0.3) is 0 Å². The number of benzene rings is 1. The molecule has 0 fully saturated rings. The third-order valence-corrected chi connectivity index (χ3v) is 6.59. The number of hydrogen-bond acceptors (Lipinski definition) is 4. The third kappa shape index (κ3) is 4.24. The van der Waals surface area contributed by atoms with E-state index in [2.05, 4.69) is 33.2 Å². The Kier molecular flexibility index (Phi) is 6.25. The summed E-state index contributed by atoms with van der Waals surface area (Å²) < 4.78 is 0.839. The number of aryl methyl sites for hydroxylation is 1. The molecule has 0 atom stereocenters. The van der Waals surface area contributed by atoms with Crippen LogP contribution >= 0.6 is 46.1 Å². The highest BCUT2D eigenvalue weighted by atomic mass is 127. The van der Waals surface area contributed by atoms with Crippen molar-refractivity contribution >= 4 is 68.1 Å². The van der Waals surface area contributed by atoms with E-state index in [1.807, 2.05) is 12.1 Å². The largest absolute Gasteiger partial charge is 0.365 e. The van der Waals surface area contributed by atoms with Gasteiger partial charge in [-0.3, -0.25) is 14.9 Å². The van der Waals surface area contributed by atoms with E-state index in [-0.39, 0.29) is 11.0 Å². The summed E-state index contributed by atoms with van der Waals surface area (Å²) in [5, 5.41) is 6.46. The van der Waals surface area contributed by atoms with Crippen LogP contribution in [0, 0.1) is 3.57 Å². The molecule has 2 amide bonds. The summed E-state index contributed by atoms with van der Waals surface area (Å²) in [4.78, 5) is 25.6. The molecule has 1 aromatic carbocycles. The van der Waals surface area contributed by atoms with Crippen LogP contribution in [0.3, 0.4) is 0 Å². The fourth-order valence-electron chi connectivity index (χ4n) is 3.04. The molecule has 0 radical (unpaired) electrons. The molecule has 3 rings (SSSR count). The van der Waals surface area contributed by atoms with Gasteiger partial charge in [-0.25, -0.2) is 0 Å². The monoisotopic (exact) mass is 499 g/mol. The van der Waals surface area contributed by atoms with E-state index in [4.69, 9.17) is 18.0 Å². The smallest absolute Gasteiger partial charge is 0.258 e. The number of anilines is 1. The van der Waals surface area contributed by atoms with Crippen molar-refractivity contribution in [3.8, 4) is 0 Å². The van der Waals surface area contributed by atoms with Gasteiger partial charge in [-0.1, -0.05) is 18.6 Å². The van der Waals surface area contributed by atoms with Gasteiger partial charge in [0.05, 0.1) is 11.1 Å². The van der Waals surface area contributed by atoms with E-state index in [1.165, 1.54) is 16.2 Å². The zero-order valence-corrected chi connectivity index (χ0v) is 17.7. The first kappa shape index (κ1) is 19.2. The predicted molar refractivity (Wildman–Crippen MR) is 117 cm³/mol. The molecule has 5 nitrogen and oxygen atoms in total. The number of thiocarbonyl (C=S) groups is 1. The fourth-order valence-corrected chi connectivity index (χ4v) is 5.23. The van der Waals surface area contributed by atoms with Crippen molar-refractivity contribution in [3.05, 3.63) is 49.4 Å². The molecule has 0 unspecified atom stereocenters. The number of nitrogens with one attached hydrogen (secondary N) is 2. The standard InChI is InChI=1S/C18H18IN3O2S2/c19-12-8-5-4-6-10(12)16(24)21-18(25)22-17-14(15(20)23)11-7-2-1-3-9-13(11)26-17/h4-6,8H,1-3,7,9H2,(H2,20,23)(H2,21,22,24,25). The summed E-state index contributed by atoms with van der Waals surface area (Å²) in [6, 6.07) is 7.26. The first-order valence-corrected chi connectivity index (χ1v) is 10.6. The lowest BCUT2D eigenvalue weighted by Crippen LogP contribution is -2.34. The zero-order valence-electron chi connectivity index (χ0n) is 13.9. The number of halogens is 1. The molecule has 1 aliphatic carbocycles. The maximum absolute atomic E-state index is 12.4. The van der Waals surface area contributed by atoms with E-state index >= 15 is 0 Å². The lowest BCUT2D eigenvalue weighted by molar-refractivity contribution is 0.0974. The van der Waals surface area contributed by atoms with Crippen LogP contribution in [0.5, 0.6) is 0 Å².